The molecular formula is C26H27NO5S. The molecule has 0 saturated heterocycles. The fourth-order valence-electron chi connectivity index (χ4n) is 2.65. The number of aliphatic hydroxyl groups excluding tert-OH is 1. The van der Waals surface area contributed by atoms with E-state index in [2.05, 4.69) is 16.6 Å². The molecule has 6 nitrogen and oxygen atoms in total. The van der Waals surface area contributed by atoms with Crippen LogP contribution in [0.4, 0.5) is 0 Å². The predicted molar refractivity (Wildman–Crippen MR) is 131 cm³/mol. The topological polar surface area (TPSA) is 85.2 Å². The predicted octanol–water partition coefficient (Wildman–Crippen LogP) is 5.39. The molecular weight excluding hydrogens is 438 g/mol. The second-order valence-electron chi connectivity index (χ2n) is 6.90. The largest absolute Gasteiger partial charge is 0.491 e. The lowest BCUT2D eigenvalue weighted by molar-refractivity contribution is -0.140. The smallest absolute Gasteiger partial charge is 0.331 e. The molecule has 0 aliphatic carbocycles. The number of ketones is 1. The van der Waals surface area contributed by atoms with E-state index in [0.29, 0.717) is 11.3 Å². The van der Waals surface area contributed by atoms with E-state index in [0.717, 1.165) is 15.4 Å². The number of rotatable bonds is 11. The zero-order chi connectivity index (χ0) is 24.2. The van der Waals surface area contributed by atoms with Gasteiger partial charge in [-0.05, 0) is 68.0 Å². The highest BCUT2D eigenvalue weighted by atomic mass is 32.2. The molecule has 0 aliphatic rings. The van der Waals surface area contributed by atoms with Crippen LogP contribution in [-0.4, -0.2) is 35.3 Å². The van der Waals surface area contributed by atoms with E-state index in [1.54, 1.807) is 30.4 Å². The second kappa shape index (κ2) is 13.2. The molecule has 2 aromatic carbocycles. The number of nitrogens with zero attached hydrogens (tertiary/aromatic N) is 1. The van der Waals surface area contributed by atoms with E-state index in [1.165, 1.54) is 25.6 Å². The van der Waals surface area contributed by atoms with Crippen molar-refractivity contribution in [3.63, 3.8) is 0 Å². The van der Waals surface area contributed by atoms with E-state index in [1.807, 2.05) is 49.4 Å². The van der Waals surface area contributed by atoms with Crippen molar-refractivity contribution in [1.82, 2.24) is 0 Å². The minimum absolute atomic E-state index is 0.101. The Bertz CT molecular complexity index is 1050. The van der Waals surface area contributed by atoms with Gasteiger partial charge in [0.2, 0.25) is 5.78 Å². The Hall–Kier alpha value is -3.42. The SMILES string of the molecule is C=C/C=C\C(=C/C)C(O)COc1ccc(Sc2ccc(C(=O)/C(C)=N/OC(C)=O)cc2)cc1. The fourth-order valence-corrected chi connectivity index (χ4v) is 3.46. The van der Waals surface area contributed by atoms with E-state index in [9.17, 15) is 14.7 Å². The number of allylic oxidation sites excluding steroid dienone is 3. The quantitative estimate of drug-likeness (QED) is 0.157. The molecule has 2 aromatic rings. The first-order valence-corrected chi connectivity index (χ1v) is 11.1. The normalized spacial score (nSPS) is 13.0. The third-order valence-corrected chi connectivity index (χ3v) is 5.38. The molecule has 0 heterocycles. The fraction of sp³-hybridized carbons (Fsp3) is 0.192. The zero-order valence-electron chi connectivity index (χ0n) is 18.9. The highest BCUT2D eigenvalue weighted by Crippen LogP contribution is 2.29. The Labute approximate surface area is 198 Å². The van der Waals surface area contributed by atoms with E-state index >= 15 is 0 Å². The van der Waals surface area contributed by atoms with Gasteiger partial charge in [-0.1, -0.05) is 47.8 Å². The van der Waals surface area contributed by atoms with Crippen LogP contribution < -0.4 is 4.74 Å². The third kappa shape index (κ3) is 8.56. The Kier molecular flexibility index (Phi) is 10.3. The molecule has 0 aliphatic heterocycles. The maximum atomic E-state index is 12.3. The maximum Gasteiger partial charge on any atom is 0.331 e. The molecule has 0 spiro atoms. The van der Waals surface area contributed by atoms with Gasteiger partial charge in [0.15, 0.2) is 0 Å². The molecule has 0 radical (unpaired) electrons. The minimum atomic E-state index is -0.732. The summed E-state index contributed by atoms with van der Waals surface area (Å²) in [6.07, 6.45) is 6.32. The number of carbonyl (C=O) groups excluding carboxylic acids is 2. The van der Waals surface area contributed by atoms with Crippen LogP contribution in [0.15, 0.2) is 99.9 Å². The second-order valence-corrected chi connectivity index (χ2v) is 8.04. The average molecular weight is 466 g/mol. The summed E-state index contributed by atoms with van der Waals surface area (Å²) in [5.74, 6) is -0.229. The molecule has 1 N–H and O–H groups in total. The number of hydrogen-bond donors (Lipinski definition) is 1. The standard InChI is InChI=1S/C26H27NO5S/c1-5-7-8-20(6-2)25(29)17-31-22-11-15-24(16-12-22)33-23-13-9-21(10-14-23)26(30)18(3)27-32-19(4)28/h5-16,25,29H,1,17H2,2-4H3/b8-7-,20-6+,27-18+. The molecule has 7 heteroatoms. The van der Waals surface area contributed by atoms with Crippen molar-refractivity contribution < 1.29 is 24.3 Å². The summed E-state index contributed by atoms with van der Waals surface area (Å²) >= 11 is 1.54. The van der Waals surface area contributed by atoms with Gasteiger partial charge in [0.1, 0.15) is 24.2 Å². The number of carbonyl (C=O) groups is 2. The van der Waals surface area contributed by atoms with E-state index in [4.69, 9.17) is 4.74 Å². The molecule has 1 atom stereocenters. The number of benzene rings is 2. The lowest BCUT2D eigenvalue weighted by Gasteiger charge is -2.13. The van der Waals surface area contributed by atoms with E-state index < -0.39 is 12.1 Å². The molecule has 33 heavy (non-hydrogen) atoms. The minimum Gasteiger partial charge on any atom is -0.491 e. The van der Waals surface area contributed by atoms with Crippen molar-refractivity contribution in [3.8, 4) is 5.75 Å². The summed E-state index contributed by atoms with van der Waals surface area (Å²) < 4.78 is 5.70. The Balaban J connectivity index is 1.93. The molecule has 2 rings (SSSR count). The van der Waals surface area contributed by atoms with Gasteiger partial charge in [0, 0.05) is 22.3 Å². The third-order valence-electron chi connectivity index (χ3n) is 4.37. The van der Waals surface area contributed by atoms with Crippen LogP contribution in [-0.2, 0) is 9.63 Å². The summed E-state index contributed by atoms with van der Waals surface area (Å²) in [5, 5.41) is 13.8. The molecule has 0 amide bonds. The van der Waals surface area contributed by atoms with Gasteiger partial charge in [0.25, 0.3) is 0 Å². The van der Waals surface area contributed by atoms with Gasteiger partial charge in [-0.25, -0.2) is 4.79 Å². The summed E-state index contributed by atoms with van der Waals surface area (Å²) in [6.45, 7) is 8.34. The number of hydrogen-bond acceptors (Lipinski definition) is 7. The number of aliphatic hydroxyl groups is 1. The first kappa shape index (κ1) is 25.8. The molecule has 0 aromatic heterocycles. The molecule has 0 saturated carbocycles. The van der Waals surface area contributed by atoms with Gasteiger partial charge in [-0.15, -0.1) is 0 Å². The number of oxime groups is 1. The first-order chi connectivity index (χ1) is 15.8. The average Bonchev–Trinajstić information content (AvgIpc) is 2.82. The monoisotopic (exact) mass is 465 g/mol. The Morgan fingerprint density at radius 3 is 2.24 bits per heavy atom. The van der Waals surface area contributed by atoms with Crippen LogP contribution in [0.5, 0.6) is 5.75 Å². The summed E-state index contributed by atoms with van der Waals surface area (Å²) in [4.78, 5) is 29.6. The van der Waals surface area contributed by atoms with Crippen LogP contribution >= 0.6 is 11.8 Å². The zero-order valence-corrected chi connectivity index (χ0v) is 19.7. The van der Waals surface area contributed by atoms with Crippen LogP contribution in [0.25, 0.3) is 0 Å². The summed E-state index contributed by atoms with van der Waals surface area (Å²) in [7, 11) is 0. The lowest BCUT2D eigenvalue weighted by Crippen LogP contribution is -2.19. The highest BCUT2D eigenvalue weighted by Gasteiger charge is 2.12. The van der Waals surface area contributed by atoms with Crippen molar-refractivity contribution in [2.45, 2.75) is 36.7 Å². The van der Waals surface area contributed by atoms with Crippen molar-refractivity contribution in [3.05, 3.63) is 90.6 Å². The first-order valence-electron chi connectivity index (χ1n) is 10.2. The molecule has 0 fully saturated rings. The molecule has 1 unspecified atom stereocenters. The van der Waals surface area contributed by atoms with Gasteiger partial charge in [-0.3, -0.25) is 4.79 Å². The van der Waals surface area contributed by atoms with Crippen LogP contribution in [0.1, 0.15) is 31.1 Å². The summed E-state index contributed by atoms with van der Waals surface area (Å²) in [5.41, 5.74) is 1.32. The lowest BCUT2D eigenvalue weighted by atomic mass is 10.1. The van der Waals surface area contributed by atoms with Gasteiger partial charge in [0.05, 0.1) is 0 Å². The van der Waals surface area contributed by atoms with Crippen molar-refractivity contribution in [2.75, 3.05) is 6.61 Å². The molecule has 0 bridgehead atoms. The van der Waals surface area contributed by atoms with Gasteiger partial charge < -0.3 is 14.7 Å². The number of ether oxygens (including phenoxy) is 1. The van der Waals surface area contributed by atoms with E-state index in [-0.39, 0.29) is 18.1 Å². The van der Waals surface area contributed by atoms with Gasteiger partial charge >= 0.3 is 5.97 Å². The maximum absolute atomic E-state index is 12.3. The van der Waals surface area contributed by atoms with Crippen LogP contribution in [0, 0.1) is 0 Å². The Morgan fingerprint density at radius 1 is 1.09 bits per heavy atom. The van der Waals surface area contributed by atoms with Crippen LogP contribution in [0.3, 0.4) is 0 Å². The highest BCUT2D eigenvalue weighted by molar-refractivity contribution is 7.99. The van der Waals surface area contributed by atoms with Crippen molar-refractivity contribution in [2.24, 2.45) is 5.16 Å². The Morgan fingerprint density at radius 2 is 1.70 bits per heavy atom. The molecule has 172 valence electrons. The van der Waals surface area contributed by atoms with Crippen molar-refractivity contribution in [1.29, 1.82) is 0 Å². The summed E-state index contributed by atoms with van der Waals surface area (Å²) in [6, 6.07) is 14.6. The van der Waals surface area contributed by atoms with Crippen molar-refractivity contribution >= 4 is 29.2 Å². The van der Waals surface area contributed by atoms with Gasteiger partial charge in [-0.2, -0.15) is 0 Å². The van der Waals surface area contributed by atoms with Crippen LogP contribution in [0.2, 0.25) is 0 Å². The number of Topliss-reactive ketones (excluding diaryl/α,β-unsaturated/α-hetero) is 1.